The molecule has 0 radical (unpaired) electrons. The molecule has 90 valence electrons. The van der Waals surface area contributed by atoms with E-state index in [0.717, 1.165) is 17.7 Å². The maximum Gasteiger partial charge on any atom is 0.159 e. The molecule has 1 heterocycles. The van der Waals surface area contributed by atoms with Crippen LogP contribution in [0.25, 0.3) is 0 Å². The van der Waals surface area contributed by atoms with Crippen molar-refractivity contribution in [3.63, 3.8) is 0 Å². The van der Waals surface area contributed by atoms with Crippen LogP contribution in [0.2, 0.25) is 0 Å². The third kappa shape index (κ3) is 2.68. The van der Waals surface area contributed by atoms with E-state index in [1.54, 1.807) is 0 Å². The Hall–Kier alpha value is -1.20. The number of rotatable bonds is 5. The summed E-state index contributed by atoms with van der Waals surface area (Å²) < 4.78 is 5.47. The van der Waals surface area contributed by atoms with Gasteiger partial charge in [-0.25, -0.2) is 15.8 Å². The number of nitrogens with one attached hydrogen (secondary N) is 1. The highest BCUT2D eigenvalue weighted by molar-refractivity contribution is 5.44. The van der Waals surface area contributed by atoms with Crippen molar-refractivity contribution in [1.29, 1.82) is 0 Å². The number of nitrogens with zero attached hydrogens (tertiary/aromatic N) is 2. The summed E-state index contributed by atoms with van der Waals surface area (Å²) in [6.45, 7) is 8.56. The Morgan fingerprint density at radius 3 is 2.56 bits per heavy atom. The first kappa shape index (κ1) is 12.9. The second kappa shape index (κ2) is 5.77. The molecule has 5 heteroatoms. The Bertz CT molecular complexity index is 329. The highest BCUT2D eigenvalue weighted by Crippen LogP contribution is 2.20. The van der Waals surface area contributed by atoms with Crippen molar-refractivity contribution < 1.29 is 4.74 Å². The Labute approximate surface area is 96.4 Å². The number of nitrogens with two attached hydrogens (primary N) is 1. The van der Waals surface area contributed by atoms with Crippen molar-refractivity contribution in [2.75, 3.05) is 12.0 Å². The van der Waals surface area contributed by atoms with E-state index < -0.39 is 0 Å². The Morgan fingerprint density at radius 1 is 1.38 bits per heavy atom. The van der Waals surface area contributed by atoms with Gasteiger partial charge in [0.2, 0.25) is 0 Å². The smallest absolute Gasteiger partial charge is 0.159 e. The predicted molar refractivity (Wildman–Crippen MR) is 64.0 cm³/mol. The molecule has 0 aliphatic rings. The quantitative estimate of drug-likeness (QED) is 0.588. The predicted octanol–water partition coefficient (Wildman–Crippen LogP) is 1.73. The first-order chi connectivity index (χ1) is 7.63. The van der Waals surface area contributed by atoms with Crippen LogP contribution in [0.5, 0.6) is 0 Å². The number of hydrogen-bond acceptors (Lipinski definition) is 5. The number of ether oxygens (including phenoxy) is 1. The lowest BCUT2D eigenvalue weighted by atomic mass is 10.2. The van der Waals surface area contributed by atoms with E-state index in [-0.39, 0.29) is 6.10 Å². The highest BCUT2D eigenvalue weighted by atomic mass is 16.5. The van der Waals surface area contributed by atoms with E-state index in [4.69, 9.17) is 10.6 Å². The molecule has 0 bridgehead atoms. The van der Waals surface area contributed by atoms with Crippen LogP contribution in [-0.2, 0) is 11.2 Å². The average molecular weight is 224 g/mol. The molecule has 0 saturated heterocycles. The highest BCUT2D eigenvalue weighted by Gasteiger charge is 2.14. The van der Waals surface area contributed by atoms with E-state index in [2.05, 4.69) is 22.3 Å². The summed E-state index contributed by atoms with van der Waals surface area (Å²) in [6.07, 6.45) is 0.748. The Morgan fingerprint density at radius 2 is 2.06 bits per heavy atom. The molecule has 3 N–H and O–H groups in total. The average Bonchev–Trinajstić information content (AvgIpc) is 2.29. The van der Waals surface area contributed by atoms with E-state index in [1.807, 2.05) is 20.8 Å². The van der Waals surface area contributed by atoms with Crippen LogP contribution in [0.15, 0.2) is 0 Å². The first-order valence-corrected chi connectivity index (χ1v) is 5.59. The minimum absolute atomic E-state index is 0.108. The monoisotopic (exact) mass is 224 g/mol. The summed E-state index contributed by atoms with van der Waals surface area (Å²) in [5, 5.41) is 0. The topological polar surface area (TPSA) is 73.1 Å². The van der Waals surface area contributed by atoms with Crippen molar-refractivity contribution in [3.8, 4) is 0 Å². The summed E-state index contributed by atoms with van der Waals surface area (Å²) in [7, 11) is 0. The van der Waals surface area contributed by atoms with Crippen LogP contribution in [0.3, 0.4) is 0 Å². The molecule has 0 aliphatic carbocycles. The number of aromatic nitrogens is 2. The van der Waals surface area contributed by atoms with Crippen LogP contribution < -0.4 is 11.3 Å². The zero-order valence-electron chi connectivity index (χ0n) is 10.4. The van der Waals surface area contributed by atoms with Crippen LogP contribution in [0.1, 0.15) is 44.0 Å². The maximum absolute atomic E-state index is 5.47. The number of hydrazine groups is 1. The second-order valence-corrected chi connectivity index (χ2v) is 3.60. The third-order valence-corrected chi connectivity index (χ3v) is 2.52. The van der Waals surface area contributed by atoms with Crippen molar-refractivity contribution >= 4 is 5.82 Å². The van der Waals surface area contributed by atoms with Crippen LogP contribution in [0, 0.1) is 6.92 Å². The van der Waals surface area contributed by atoms with E-state index in [9.17, 15) is 0 Å². The number of aryl methyl sites for hydroxylation is 1. The first-order valence-electron chi connectivity index (χ1n) is 5.59. The van der Waals surface area contributed by atoms with Gasteiger partial charge in [0.1, 0.15) is 11.9 Å². The molecule has 5 nitrogen and oxygen atoms in total. The fourth-order valence-corrected chi connectivity index (χ4v) is 1.57. The molecule has 0 saturated carbocycles. The van der Waals surface area contributed by atoms with Crippen molar-refractivity contribution in [2.45, 2.75) is 40.2 Å². The fraction of sp³-hybridized carbons (Fsp3) is 0.636. The second-order valence-electron chi connectivity index (χ2n) is 3.60. The van der Waals surface area contributed by atoms with Gasteiger partial charge in [-0.1, -0.05) is 6.92 Å². The molecular weight excluding hydrogens is 204 g/mol. The molecule has 0 aromatic carbocycles. The Kier molecular flexibility index (Phi) is 4.64. The molecule has 0 spiro atoms. The van der Waals surface area contributed by atoms with E-state index >= 15 is 0 Å². The van der Waals surface area contributed by atoms with Crippen LogP contribution in [0.4, 0.5) is 5.82 Å². The Balaban J connectivity index is 3.11. The summed E-state index contributed by atoms with van der Waals surface area (Å²) in [4.78, 5) is 8.83. The largest absolute Gasteiger partial charge is 0.371 e. The van der Waals surface area contributed by atoms with Crippen molar-refractivity contribution in [1.82, 2.24) is 9.97 Å². The van der Waals surface area contributed by atoms with Crippen LogP contribution >= 0.6 is 0 Å². The van der Waals surface area contributed by atoms with Gasteiger partial charge in [0, 0.05) is 17.9 Å². The van der Waals surface area contributed by atoms with Crippen LogP contribution in [-0.4, -0.2) is 16.6 Å². The number of hydrogen-bond donors (Lipinski definition) is 2. The SMILES string of the molecule is CCOC(C)c1nc(CC)c(C)c(NN)n1. The standard InChI is InChI=1S/C11H20N4O/c1-5-9-7(3)10(15-12)14-11(13-9)8(4)16-6-2/h8H,5-6,12H2,1-4H3,(H,13,14,15). The lowest BCUT2D eigenvalue weighted by Gasteiger charge is -2.15. The van der Waals surface area contributed by atoms with E-state index in [1.165, 1.54) is 0 Å². The number of anilines is 1. The van der Waals surface area contributed by atoms with Gasteiger partial charge in [0.15, 0.2) is 5.82 Å². The lowest BCUT2D eigenvalue weighted by Crippen LogP contribution is -2.16. The molecule has 0 fully saturated rings. The van der Waals surface area contributed by atoms with Gasteiger partial charge >= 0.3 is 0 Å². The van der Waals surface area contributed by atoms with Gasteiger partial charge in [-0.3, -0.25) is 0 Å². The van der Waals surface area contributed by atoms with Gasteiger partial charge in [-0.15, -0.1) is 0 Å². The van der Waals surface area contributed by atoms with Gasteiger partial charge < -0.3 is 10.2 Å². The van der Waals surface area contributed by atoms with Gasteiger partial charge in [0.25, 0.3) is 0 Å². The molecule has 1 atom stereocenters. The molecule has 1 unspecified atom stereocenters. The summed E-state index contributed by atoms with van der Waals surface area (Å²) >= 11 is 0. The maximum atomic E-state index is 5.47. The summed E-state index contributed by atoms with van der Waals surface area (Å²) in [5.41, 5.74) is 4.60. The zero-order valence-corrected chi connectivity index (χ0v) is 10.4. The zero-order chi connectivity index (χ0) is 12.1. The van der Waals surface area contributed by atoms with Crippen molar-refractivity contribution in [3.05, 3.63) is 17.1 Å². The lowest BCUT2D eigenvalue weighted by molar-refractivity contribution is 0.0700. The minimum atomic E-state index is -0.108. The molecule has 1 aromatic heterocycles. The van der Waals surface area contributed by atoms with Crippen molar-refractivity contribution in [2.24, 2.45) is 5.84 Å². The third-order valence-electron chi connectivity index (χ3n) is 2.52. The molecule has 16 heavy (non-hydrogen) atoms. The van der Waals surface area contributed by atoms with Gasteiger partial charge in [-0.2, -0.15) is 0 Å². The normalized spacial score (nSPS) is 12.6. The number of nitrogen functional groups attached to an aromatic ring is 1. The summed E-state index contributed by atoms with van der Waals surface area (Å²) in [6, 6.07) is 0. The minimum Gasteiger partial charge on any atom is -0.371 e. The molecule has 0 aliphatic heterocycles. The van der Waals surface area contributed by atoms with E-state index in [0.29, 0.717) is 18.2 Å². The molecule has 1 aromatic rings. The molecule has 1 rings (SSSR count). The van der Waals surface area contributed by atoms with Gasteiger partial charge in [-0.05, 0) is 27.2 Å². The molecule has 0 amide bonds. The van der Waals surface area contributed by atoms with Gasteiger partial charge in [0.05, 0.1) is 0 Å². The fourth-order valence-electron chi connectivity index (χ4n) is 1.57. The summed E-state index contributed by atoms with van der Waals surface area (Å²) in [5.74, 6) is 6.79. The molecular formula is C11H20N4O.